The molecule has 0 amide bonds. The van der Waals surface area contributed by atoms with Crippen LogP contribution in [-0.2, 0) is 11.2 Å². The molecule has 2 aromatic rings. The van der Waals surface area contributed by atoms with Gasteiger partial charge >= 0.3 is 29.6 Å². The van der Waals surface area contributed by atoms with Crippen molar-refractivity contribution in [2.75, 3.05) is 11.9 Å². The number of hydrogen-bond donors (Lipinski definition) is 3. The zero-order chi connectivity index (χ0) is 22.5. The van der Waals surface area contributed by atoms with E-state index in [1.54, 1.807) is 18.2 Å². The molecule has 0 bridgehead atoms. The van der Waals surface area contributed by atoms with E-state index < -0.39 is 24.6 Å². The summed E-state index contributed by atoms with van der Waals surface area (Å²) in [6.45, 7) is 4.90. The number of aliphatic hydroxyl groups is 2. The van der Waals surface area contributed by atoms with Crippen LogP contribution >= 0.6 is 0 Å². The molecule has 1 aliphatic heterocycles. The summed E-state index contributed by atoms with van der Waals surface area (Å²) in [6.07, 6.45) is 2.20. The molecule has 166 valence electrons. The minimum Gasteiger partial charge on any atom is -0.550 e. The number of nitrogens with one attached hydrogen (secondary N) is 1. The number of halogens is 1. The van der Waals surface area contributed by atoms with Crippen LogP contribution in [-0.4, -0.2) is 39.9 Å². The number of nitrogens with zero attached hydrogens (tertiary/aromatic N) is 1. The number of aliphatic carboxylic acids is 1. The maximum atomic E-state index is 13.6. The third-order valence-corrected chi connectivity index (χ3v) is 5.34. The van der Waals surface area contributed by atoms with E-state index in [9.17, 15) is 24.5 Å². The van der Waals surface area contributed by atoms with Crippen LogP contribution in [0.4, 0.5) is 10.2 Å². The van der Waals surface area contributed by atoms with Crippen LogP contribution in [0.2, 0.25) is 0 Å². The third kappa shape index (κ3) is 6.62. The number of carboxylic acids is 1. The minimum atomic E-state index is -1.37. The van der Waals surface area contributed by atoms with Gasteiger partial charge in [0.25, 0.3) is 0 Å². The summed E-state index contributed by atoms with van der Waals surface area (Å²) < 4.78 is 13.6. The van der Waals surface area contributed by atoms with Crippen molar-refractivity contribution in [3.05, 3.63) is 53.0 Å². The van der Waals surface area contributed by atoms with Gasteiger partial charge in [-0.05, 0) is 42.0 Å². The number of anilines is 1. The van der Waals surface area contributed by atoms with Gasteiger partial charge < -0.3 is 25.4 Å². The number of pyridine rings is 1. The molecule has 0 radical (unpaired) electrons. The van der Waals surface area contributed by atoms with Gasteiger partial charge in [0.15, 0.2) is 0 Å². The second-order valence-electron chi connectivity index (χ2n) is 8.20. The Hall–Kier alpha value is -1.77. The van der Waals surface area contributed by atoms with Gasteiger partial charge in [-0.2, -0.15) is 0 Å². The zero-order valence-electron chi connectivity index (χ0n) is 18.8. The Morgan fingerprint density at radius 3 is 2.59 bits per heavy atom. The number of rotatable bonds is 8. The molecule has 0 fully saturated rings. The molecule has 0 saturated heterocycles. The Balaban J connectivity index is 0.00000363. The minimum absolute atomic E-state index is 0. The average molecular weight is 450 g/mol. The van der Waals surface area contributed by atoms with E-state index in [0.29, 0.717) is 0 Å². The van der Waals surface area contributed by atoms with Crippen molar-refractivity contribution in [3.8, 4) is 11.1 Å². The molecule has 6 nitrogen and oxygen atoms in total. The van der Waals surface area contributed by atoms with Gasteiger partial charge in [0.1, 0.15) is 11.6 Å². The first-order chi connectivity index (χ1) is 14.8. The fraction of sp³-hybridized carbons (Fsp3) is 0.417. The number of carbonyl (C=O) groups excluding carboxylic acids is 1. The first-order valence-corrected chi connectivity index (χ1v) is 10.6. The van der Waals surface area contributed by atoms with Gasteiger partial charge in [-0.1, -0.05) is 38.1 Å². The third-order valence-electron chi connectivity index (χ3n) is 5.34. The predicted molar refractivity (Wildman–Crippen MR) is 116 cm³/mol. The number of aromatic nitrogens is 1. The zero-order valence-corrected chi connectivity index (χ0v) is 20.8. The maximum Gasteiger partial charge on any atom is 1.00 e. The van der Waals surface area contributed by atoms with E-state index in [0.717, 1.165) is 53.2 Å². The van der Waals surface area contributed by atoms with E-state index in [1.807, 2.05) is 13.8 Å². The Kier molecular flexibility index (Phi) is 9.85. The molecule has 3 N–H and O–H groups in total. The van der Waals surface area contributed by atoms with E-state index in [2.05, 4.69) is 5.32 Å². The molecule has 0 aliphatic carbocycles. The van der Waals surface area contributed by atoms with Crippen LogP contribution in [0.15, 0.2) is 30.3 Å². The van der Waals surface area contributed by atoms with Gasteiger partial charge in [0.2, 0.25) is 0 Å². The maximum absolute atomic E-state index is 13.6. The molecule has 1 aliphatic rings. The number of aliphatic hydroxyl groups excluding tert-OH is 2. The van der Waals surface area contributed by atoms with Crippen molar-refractivity contribution < 1.29 is 54.1 Å². The van der Waals surface area contributed by atoms with Crippen molar-refractivity contribution in [2.45, 2.75) is 57.7 Å². The van der Waals surface area contributed by atoms with Gasteiger partial charge in [-0.3, -0.25) is 0 Å². The number of carboxylic acid groups (broad SMARTS) is 1. The number of benzene rings is 1. The van der Waals surface area contributed by atoms with Gasteiger partial charge in [-0.15, -0.1) is 0 Å². The summed E-state index contributed by atoms with van der Waals surface area (Å²) in [5.74, 6) is -0.760. The molecule has 1 aromatic heterocycles. The van der Waals surface area contributed by atoms with Crippen LogP contribution in [0.3, 0.4) is 0 Å². The molecule has 2 atom stereocenters. The van der Waals surface area contributed by atoms with Gasteiger partial charge in [-0.25, -0.2) is 9.37 Å². The molecular weight excluding hydrogens is 422 g/mol. The van der Waals surface area contributed by atoms with Gasteiger partial charge in [0, 0.05) is 36.5 Å². The van der Waals surface area contributed by atoms with E-state index in [-0.39, 0.29) is 47.7 Å². The van der Waals surface area contributed by atoms with Crippen LogP contribution < -0.4 is 40.0 Å². The summed E-state index contributed by atoms with van der Waals surface area (Å²) in [7, 11) is 0. The van der Waals surface area contributed by atoms with Crippen molar-refractivity contribution in [3.63, 3.8) is 0 Å². The Morgan fingerprint density at radius 2 is 1.97 bits per heavy atom. The van der Waals surface area contributed by atoms with Gasteiger partial charge in [0.05, 0.1) is 17.9 Å². The fourth-order valence-electron chi connectivity index (χ4n) is 3.91. The number of hydrogen-bond acceptors (Lipinski definition) is 6. The SMILES string of the molecule is CC(C)c1nc2c(c(-c3ccc(F)cc3)c1/C=C/[C@@H](O)C[C@@H](O)CC(=O)[O-])CCCN2.[Na+]. The summed E-state index contributed by atoms with van der Waals surface area (Å²) in [4.78, 5) is 15.5. The predicted octanol–water partition coefficient (Wildman–Crippen LogP) is -0.362. The number of carbonyl (C=O) groups is 1. The molecule has 32 heavy (non-hydrogen) atoms. The first kappa shape index (κ1) is 26.5. The summed E-state index contributed by atoms with van der Waals surface area (Å²) in [5, 5.41) is 34.1. The van der Waals surface area contributed by atoms with Crippen molar-refractivity contribution in [1.82, 2.24) is 4.98 Å². The van der Waals surface area contributed by atoms with Crippen LogP contribution in [0.5, 0.6) is 0 Å². The summed E-state index contributed by atoms with van der Waals surface area (Å²) in [6, 6.07) is 6.32. The quantitative estimate of drug-likeness (QED) is 0.475. The average Bonchev–Trinajstić information content (AvgIpc) is 2.71. The van der Waals surface area contributed by atoms with Crippen LogP contribution in [0.1, 0.15) is 55.8 Å². The molecular formula is C24H28FN2NaO4. The molecule has 1 aromatic carbocycles. The van der Waals surface area contributed by atoms with E-state index >= 15 is 0 Å². The van der Waals surface area contributed by atoms with Crippen molar-refractivity contribution in [1.29, 1.82) is 0 Å². The largest absolute Gasteiger partial charge is 1.00 e. The van der Waals surface area contributed by atoms with Crippen molar-refractivity contribution >= 4 is 17.9 Å². The molecule has 3 rings (SSSR count). The molecule has 0 saturated carbocycles. The summed E-state index contributed by atoms with van der Waals surface area (Å²) in [5.41, 5.74) is 4.52. The first-order valence-electron chi connectivity index (χ1n) is 10.6. The molecule has 2 heterocycles. The smallest absolute Gasteiger partial charge is 0.550 e. The van der Waals surface area contributed by atoms with Crippen molar-refractivity contribution in [2.24, 2.45) is 0 Å². The normalized spacial score (nSPS) is 15.1. The molecule has 0 spiro atoms. The Bertz CT molecular complexity index is 963. The number of fused-ring (bicyclic) bond motifs is 1. The Morgan fingerprint density at radius 1 is 1.28 bits per heavy atom. The standard InChI is InChI=1S/C24H29FN2O4.Na/c1-14(2)23-19(10-9-17(28)12-18(29)13-21(30)31)22(15-5-7-16(25)8-6-15)20-4-3-11-26-24(20)27-23;/h5-10,14,17-18,28-29H,3-4,11-13H2,1-2H3,(H,26,27)(H,30,31);/q;+1/p-1/b10-9+;/t17-,18-;/m1./s1. The van der Waals surface area contributed by atoms with Crippen LogP contribution in [0, 0.1) is 5.82 Å². The topological polar surface area (TPSA) is 106 Å². The molecule has 0 unspecified atom stereocenters. The second kappa shape index (κ2) is 11.9. The summed E-state index contributed by atoms with van der Waals surface area (Å²) >= 11 is 0. The Labute approximate surface area is 209 Å². The van der Waals surface area contributed by atoms with Crippen LogP contribution in [0.25, 0.3) is 17.2 Å². The molecule has 8 heteroatoms. The fourth-order valence-corrected chi connectivity index (χ4v) is 3.91. The monoisotopic (exact) mass is 450 g/mol. The van der Waals surface area contributed by atoms with E-state index in [4.69, 9.17) is 4.98 Å². The van der Waals surface area contributed by atoms with E-state index in [1.165, 1.54) is 18.2 Å². The second-order valence-corrected chi connectivity index (χ2v) is 8.20.